The molecule has 0 saturated heterocycles. The van der Waals surface area contributed by atoms with Gasteiger partial charge in [-0.2, -0.15) is 0 Å². The van der Waals surface area contributed by atoms with Crippen molar-refractivity contribution in [2.75, 3.05) is 13.1 Å². The predicted octanol–water partition coefficient (Wildman–Crippen LogP) is 6.34. The van der Waals surface area contributed by atoms with Crippen molar-refractivity contribution in [3.8, 4) is 0 Å². The van der Waals surface area contributed by atoms with Crippen LogP contribution in [-0.2, 0) is 4.79 Å². The molecule has 0 radical (unpaired) electrons. The van der Waals surface area contributed by atoms with E-state index in [4.69, 9.17) is 0 Å². The summed E-state index contributed by atoms with van der Waals surface area (Å²) in [4.78, 5) is 13.0. The summed E-state index contributed by atoms with van der Waals surface area (Å²) in [6, 6.07) is 0. The van der Waals surface area contributed by atoms with Gasteiger partial charge in [0.25, 0.3) is 0 Å². The Morgan fingerprint density at radius 2 is 0.864 bits per heavy atom. The zero-order valence-electron chi connectivity index (χ0n) is 15.5. The molecule has 0 aromatic carbocycles. The van der Waals surface area contributed by atoms with Crippen molar-refractivity contribution >= 4 is 6.41 Å². The summed E-state index contributed by atoms with van der Waals surface area (Å²) in [5.41, 5.74) is 0. The Bertz CT molecular complexity index is 218. The van der Waals surface area contributed by atoms with Crippen LogP contribution in [0.25, 0.3) is 0 Å². The average Bonchev–Trinajstić information content (AvgIpc) is 2.54. The second-order valence-corrected chi connectivity index (χ2v) is 6.74. The summed E-state index contributed by atoms with van der Waals surface area (Å²) in [7, 11) is 0. The first-order chi connectivity index (χ1) is 10.8. The van der Waals surface area contributed by atoms with Crippen LogP contribution in [0.1, 0.15) is 110 Å². The van der Waals surface area contributed by atoms with Crippen LogP contribution < -0.4 is 0 Å². The van der Waals surface area contributed by atoms with Crippen molar-refractivity contribution in [1.82, 2.24) is 4.90 Å². The molecule has 0 heterocycles. The molecule has 0 unspecified atom stereocenters. The molecule has 0 bridgehead atoms. The lowest BCUT2D eigenvalue weighted by Gasteiger charge is -2.17. The van der Waals surface area contributed by atoms with Crippen LogP contribution >= 0.6 is 0 Å². The van der Waals surface area contributed by atoms with Crippen LogP contribution in [0.3, 0.4) is 0 Å². The van der Waals surface area contributed by atoms with E-state index in [9.17, 15) is 4.79 Å². The van der Waals surface area contributed by atoms with Crippen LogP contribution in [0.4, 0.5) is 0 Å². The highest BCUT2D eigenvalue weighted by molar-refractivity contribution is 5.46. The van der Waals surface area contributed by atoms with Gasteiger partial charge in [0.05, 0.1) is 0 Å². The average molecular weight is 312 g/mol. The summed E-state index contributed by atoms with van der Waals surface area (Å²) < 4.78 is 0. The van der Waals surface area contributed by atoms with Crippen LogP contribution in [0.15, 0.2) is 0 Å². The van der Waals surface area contributed by atoms with E-state index in [1.165, 1.54) is 96.3 Å². The van der Waals surface area contributed by atoms with Crippen LogP contribution in [0.5, 0.6) is 0 Å². The SMILES string of the molecule is CCCCCCCCCCCCN(C=O)CCCCCCC. The zero-order valence-corrected chi connectivity index (χ0v) is 15.5. The monoisotopic (exact) mass is 311 g/mol. The number of nitrogens with zero attached hydrogens (tertiary/aromatic N) is 1. The quantitative estimate of drug-likeness (QED) is 0.214. The molecule has 0 aromatic heterocycles. The minimum atomic E-state index is 0.963. The lowest BCUT2D eigenvalue weighted by atomic mass is 10.1. The van der Waals surface area contributed by atoms with Gasteiger partial charge in [-0.1, -0.05) is 97.3 Å². The smallest absolute Gasteiger partial charge is 0.209 e. The summed E-state index contributed by atoms with van der Waals surface area (Å²) in [6.45, 7) is 6.44. The van der Waals surface area contributed by atoms with E-state index in [2.05, 4.69) is 13.8 Å². The number of rotatable bonds is 18. The van der Waals surface area contributed by atoms with E-state index in [1.54, 1.807) is 0 Å². The molecule has 0 rings (SSSR count). The van der Waals surface area contributed by atoms with Crippen molar-refractivity contribution in [2.45, 2.75) is 110 Å². The third-order valence-electron chi connectivity index (χ3n) is 4.50. The zero-order chi connectivity index (χ0) is 16.3. The Labute approximate surface area is 140 Å². The van der Waals surface area contributed by atoms with Gasteiger partial charge < -0.3 is 4.90 Å². The van der Waals surface area contributed by atoms with Crippen molar-refractivity contribution in [3.05, 3.63) is 0 Å². The number of hydrogen-bond acceptors (Lipinski definition) is 1. The van der Waals surface area contributed by atoms with Gasteiger partial charge >= 0.3 is 0 Å². The van der Waals surface area contributed by atoms with Crippen LogP contribution in [0.2, 0.25) is 0 Å². The lowest BCUT2D eigenvalue weighted by molar-refractivity contribution is -0.118. The van der Waals surface area contributed by atoms with E-state index in [-0.39, 0.29) is 0 Å². The third-order valence-corrected chi connectivity index (χ3v) is 4.50. The first kappa shape index (κ1) is 21.5. The molecule has 0 saturated carbocycles. The fourth-order valence-electron chi connectivity index (χ4n) is 2.94. The standard InChI is InChI=1S/C20H41NO/c1-3-5-7-9-10-11-12-13-15-17-19-21(20-22)18-16-14-8-6-4-2/h20H,3-19H2,1-2H3. The first-order valence-corrected chi connectivity index (χ1v) is 10.0. The van der Waals surface area contributed by atoms with Crippen molar-refractivity contribution < 1.29 is 4.79 Å². The van der Waals surface area contributed by atoms with Crippen molar-refractivity contribution in [2.24, 2.45) is 0 Å². The number of hydrogen-bond donors (Lipinski definition) is 0. The summed E-state index contributed by atoms with van der Waals surface area (Å²) in [5.74, 6) is 0. The minimum Gasteiger partial charge on any atom is -0.345 e. The van der Waals surface area contributed by atoms with Gasteiger partial charge in [-0.05, 0) is 12.8 Å². The maximum atomic E-state index is 11.0. The molecule has 0 aromatic rings. The highest BCUT2D eigenvalue weighted by atomic mass is 16.1. The Hall–Kier alpha value is -0.530. The Balaban J connectivity index is 3.27. The van der Waals surface area contributed by atoms with E-state index in [0.717, 1.165) is 19.5 Å². The van der Waals surface area contributed by atoms with Gasteiger partial charge in [-0.3, -0.25) is 4.79 Å². The first-order valence-electron chi connectivity index (χ1n) is 10.0. The molecule has 0 fully saturated rings. The molecule has 22 heavy (non-hydrogen) atoms. The Morgan fingerprint density at radius 1 is 0.545 bits per heavy atom. The molecule has 0 aliphatic rings. The highest BCUT2D eigenvalue weighted by Gasteiger charge is 2.01. The Kier molecular flexibility index (Phi) is 18.1. The van der Waals surface area contributed by atoms with E-state index in [1.807, 2.05) is 4.90 Å². The molecule has 132 valence electrons. The van der Waals surface area contributed by atoms with Gasteiger partial charge in [0.15, 0.2) is 0 Å². The van der Waals surface area contributed by atoms with Gasteiger partial charge in [0, 0.05) is 13.1 Å². The fourth-order valence-corrected chi connectivity index (χ4v) is 2.94. The topological polar surface area (TPSA) is 20.3 Å². The van der Waals surface area contributed by atoms with E-state index in [0.29, 0.717) is 0 Å². The van der Waals surface area contributed by atoms with Crippen molar-refractivity contribution in [3.63, 3.8) is 0 Å². The minimum absolute atomic E-state index is 0.963. The van der Waals surface area contributed by atoms with Gasteiger partial charge in [-0.15, -0.1) is 0 Å². The fraction of sp³-hybridized carbons (Fsp3) is 0.950. The largest absolute Gasteiger partial charge is 0.345 e. The number of unbranched alkanes of at least 4 members (excludes halogenated alkanes) is 13. The Morgan fingerprint density at radius 3 is 1.18 bits per heavy atom. The molecule has 0 spiro atoms. The number of carbonyl (C=O) groups excluding carboxylic acids is 1. The van der Waals surface area contributed by atoms with Gasteiger partial charge in [0.2, 0.25) is 6.41 Å². The second kappa shape index (κ2) is 18.5. The van der Waals surface area contributed by atoms with E-state index < -0.39 is 0 Å². The van der Waals surface area contributed by atoms with Gasteiger partial charge in [0.1, 0.15) is 0 Å². The molecule has 1 amide bonds. The van der Waals surface area contributed by atoms with Crippen molar-refractivity contribution in [1.29, 1.82) is 0 Å². The van der Waals surface area contributed by atoms with Crippen LogP contribution in [0, 0.1) is 0 Å². The molecule has 0 aliphatic carbocycles. The van der Waals surface area contributed by atoms with Gasteiger partial charge in [-0.25, -0.2) is 0 Å². The maximum absolute atomic E-state index is 11.0. The third kappa shape index (κ3) is 15.9. The number of carbonyl (C=O) groups is 1. The molecule has 0 N–H and O–H groups in total. The molecule has 2 nitrogen and oxygen atoms in total. The molecular weight excluding hydrogens is 270 g/mol. The molecule has 2 heteroatoms. The molecule has 0 atom stereocenters. The predicted molar refractivity (Wildman–Crippen MR) is 98.2 cm³/mol. The molecule has 0 aliphatic heterocycles. The van der Waals surface area contributed by atoms with Crippen LogP contribution in [-0.4, -0.2) is 24.4 Å². The summed E-state index contributed by atoms with van der Waals surface area (Å²) in [6.07, 6.45) is 21.0. The number of amides is 1. The summed E-state index contributed by atoms with van der Waals surface area (Å²) in [5, 5.41) is 0. The normalized spacial score (nSPS) is 10.8. The maximum Gasteiger partial charge on any atom is 0.209 e. The molecular formula is C20H41NO. The lowest BCUT2D eigenvalue weighted by Crippen LogP contribution is -2.24. The second-order valence-electron chi connectivity index (χ2n) is 6.74. The highest BCUT2D eigenvalue weighted by Crippen LogP contribution is 2.11. The summed E-state index contributed by atoms with van der Waals surface area (Å²) >= 11 is 0. The van der Waals surface area contributed by atoms with E-state index >= 15 is 0 Å².